The first-order valence-corrected chi connectivity index (χ1v) is 8.38. The molecule has 0 aliphatic carbocycles. The Balaban J connectivity index is 0.00000312. The fourth-order valence-corrected chi connectivity index (χ4v) is 2.28. The predicted octanol–water partition coefficient (Wildman–Crippen LogP) is 2.64. The maximum atomic E-state index is 5.05. The number of ether oxygens (including phenoxy) is 1. The van der Waals surface area contributed by atoms with Crippen LogP contribution in [0.15, 0.2) is 47.7 Å². The van der Waals surface area contributed by atoms with E-state index >= 15 is 0 Å². The number of aliphatic imine (C=N–C) groups is 1. The first-order chi connectivity index (χ1) is 11.8. The van der Waals surface area contributed by atoms with Crippen LogP contribution < -0.4 is 10.6 Å². The zero-order chi connectivity index (χ0) is 17.0. The molecule has 2 rings (SSSR count). The Morgan fingerprint density at radius 3 is 2.72 bits per heavy atom. The van der Waals surface area contributed by atoms with Crippen LogP contribution in [0, 0.1) is 0 Å². The summed E-state index contributed by atoms with van der Waals surface area (Å²) in [5, 5.41) is 11.0. The second-order valence-electron chi connectivity index (χ2n) is 5.50. The molecule has 0 unspecified atom stereocenters. The number of rotatable bonds is 9. The highest BCUT2D eigenvalue weighted by molar-refractivity contribution is 14.0. The number of nitrogens with one attached hydrogen (secondary N) is 2. The van der Waals surface area contributed by atoms with Crippen LogP contribution in [0.4, 0.5) is 0 Å². The van der Waals surface area contributed by atoms with Gasteiger partial charge in [0.15, 0.2) is 5.96 Å². The number of aromatic nitrogens is 2. The maximum absolute atomic E-state index is 5.05. The molecule has 2 aromatic rings. The summed E-state index contributed by atoms with van der Waals surface area (Å²) in [5.74, 6) is 0.824. The predicted molar refractivity (Wildman–Crippen MR) is 112 cm³/mol. The van der Waals surface area contributed by atoms with Gasteiger partial charge in [-0.3, -0.25) is 4.68 Å². The summed E-state index contributed by atoms with van der Waals surface area (Å²) in [6, 6.07) is 10.3. The Bertz CT molecular complexity index is 615. The molecule has 0 saturated heterocycles. The van der Waals surface area contributed by atoms with Crippen molar-refractivity contribution in [3.8, 4) is 0 Å². The van der Waals surface area contributed by atoms with Gasteiger partial charge in [-0.25, -0.2) is 4.99 Å². The summed E-state index contributed by atoms with van der Waals surface area (Å²) in [4.78, 5) is 4.60. The van der Waals surface area contributed by atoms with Crippen LogP contribution >= 0.6 is 24.0 Å². The van der Waals surface area contributed by atoms with Crippen LogP contribution in [0.25, 0.3) is 0 Å². The molecule has 25 heavy (non-hydrogen) atoms. The lowest BCUT2D eigenvalue weighted by atomic mass is 10.2. The van der Waals surface area contributed by atoms with Gasteiger partial charge in [-0.05, 0) is 18.9 Å². The molecule has 0 saturated carbocycles. The van der Waals surface area contributed by atoms with E-state index in [-0.39, 0.29) is 24.0 Å². The second-order valence-corrected chi connectivity index (χ2v) is 5.50. The van der Waals surface area contributed by atoms with Crippen molar-refractivity contribution in [2.24, 2.45) is 4.99 Å². The molecule has 0 aliphatic rings. The Kier molecular flexibility index (Phi) is 10.9. The van der Waals surface area contributed by atoms with Crippen LogP contribution in [0.3, 0.4) is 0 Å². The van der Waals surface area contributed by atoms with Crippen LogP contribution in [-0.2, 0) is 17.8 Å². The standard InChI is InChI=1S/C18H27N5O.HI/c1-3-19-18(20-10-7-11-24-2)21-12-17-13-22-23(15-17)14-16-8-5-4-6-9-16;/h4-6,8-9,13,15H,3,7,10-12,14H2,1-2H3,(H2,19,20,21);1H. The van der Waals surface area contributed by atoms with Gasteiger partial charge >= 0.3 is 0 Å². The normalized spacial score (nSPS) is 11.0. The minimum absolute atomic E-state index is 0. The van der Waals surface area contributed by atoms with Gasteiger partial charge in [-0.2, -0.15) is 5.10 Å². The number of hydrogen-bond donors (Lipinski definition) is 2. The van der Waals surface area contributed by atoms with Crippen molar-refractivity contribution in [2.45, 2.75) is 26.4 Å². The van der Waals surface area contributed by atoms with E-state index in [9.17, 15) is 0 Å². The number of nitrogens with zero attached hydrogens (tertiary/aromatic N) is 3. The van der Waals surface area contributed by atoms with E-state index in [1.165, 1.54) is 5.56 Å². The van der Waals surface area contributed by atoms with E-state index < -0.39 is 0 Å². The van der Waals surface area contributed by atoms with Crippen molar-refractivity contribution in [2.75, 3.05) is 26.8 Å². The fourth-order valence-electron chi connectivity index (χ4n) is 2.28. The van der Waals surface area contributed by atoms with Gasteiger partial charge in [-0.15, -0.1) is 24.0 Å². The largest absolute Gasteiger partial charge is 0.385 e. The quantitative estimate of drug-likeness (QED) is 0.263. The van der Waals surface area contributed by atoms with Gasteiger partial charge in [0.2, 0.25) is 0 Å². The first kappa shape index (κ1) is 21.4. The maximum Gasteiger partial charge on any atom is 0.191 e. The zero-order valence-corrected chi connectivity index (χ0v) is 17.3. The fraction of sp³-hybridized carbons (Fsp3) is 0.444. The van der Waals surface area contributed by atoms with E-state index in [1.807, 2.05) is 35.3 Å². The van der Waals surface area contributed by atoms with Crippen LogP contribution in [0.5, 0.6) is 0 Å². The lowest BCUT2D eigenvalue weighted by Gasteiger charge is -2.10. The van der Waals surface area contributed by atoms with Gasteiger partial charge in [0, 0.05) is 38.6 Å². The summed E-state index contributed by atoms with van der Waals surface area (Å²) < 4.78 is 7.00. The number of methoxy groups -OCH3 is 1. The molecule has 1 aromatic heterocycles. The molecule has 2 N–H and O–H groups in total. The number of halogens is 1. The van der Waals surface area contributed by atoms with Gasteiger partial charge in [0.25, 0.3) is 0 Å². The van der Waals surface area contributed by atoms with Crippen LogP contribution in [0.1, 0.15) is 24.5 Å². The molecular weight excluding hydrogens is 429 g/mol. The molecule has 0 fully saturated rings. The topological polar surface area (TPSA) is 63.5 Å². The van der Waals surface area contributed by atoms with Gasteiger partial charge in [0.1, 0.15) is 0 Å². The van der Waals surface area contributed by atoms with Crippen LogP contribution in [0.2, 0.25) is 0 Å². The number of benzene rings is 1. The molecule has 0 amide bonds. The Morgan fingerprint density at radius 1 is 1.20 bits per heavy atom. The molecule has 0 atom stereocenters. The monoisotopic (exact) mass is 457 g/mol. The summed E-state index contributed by atoms with van der Waals surface area (Å²) in [6.07, 6.45) is 4.88. The zero-order valence-electron chi connectivity index (χ0n) is 14.9. The Morgan fingerprint density at radius 2 is 2.00 bits per heavy atom. The lowest BCUT2D eigenvalue weighted by molar-refractivity contribution is 0.195. The third-order valence-corrected chi connectivity index (χ3v) is 3.46. The van der Waals surface area contributed by atoms with Crippen molar-refractivity contribution in [3.05, 3.63) is 53.9 Å². The highest BCUT2D eigenvalue weighted by Crippen LogP contribution is 2.05. The Labute approximate surface area is 167 Å². The first-order valence-electron chi connectivity index (χ1n) is 8.38. The average Bonchev–Trinajstić information content (AvgIpc) is 3.05. The van der Waals surface area contributed by atoms with Gasteiger partial charge in [-0.1, -0.05) is 30.3 Å². The molecule has 138 valence electrons. The van der Waals surface area contributed by atoms with E-state index in [4.69, 9.17) is 4.74 Å². The molecule has 1 heterocycles. The Hall–Kier alpha value is -1.61. The molecule has 7 heteroatoms. The van der Waals surface area contributed by atoms with Gasteiger partial charge < -0.3 is 15.4 Å². The molecule has 0 aliphatic heterocycles. The van der Waals surface area contributed by atoms with Crippen LogP contribution in [-0.4, -0.2) is 42.5 Å². The SMILES string of the molecule is CCNC(=NCc1cnn(Cc2ccccc2)c1)NCCCOC.I. The minimum Gasteiger partial charge on any atom is -0.385 e. The highest BCUT2D eigenvalue weighted by Gasteiger charge is 2.01. The van der Waals surface area contributed by atoms with Crippen molar-refractivity contribution in [1.82, 2.24) is 20.4 Å². The smallest absolute Gasteiger partial charge is 0.191 e. The molecule has 0 spiro atoms. The van der Waals surface area contributed by atoms with Crippen molar-refractivity contribution < 1.29 is 4.74 Å². The van der Waals surface area contributed by atoms with E-state index in [0.29, 0.717) is 6.54 Å². The number of guanidine groups is 1. The third kappa shape index (κ3) is 8.35. The highest BCUT2D eigenvalue weighted by atomic mass is 127. The third-order valence-electron chi connectivity index (χ3n) is 3.46. The summed E-state index contributed by atoms with van der Waals surface area (Å²) in [5.41, 5.74) is 2.34. The van der Waals surface area contributed by atoms with E-state index in [2.05, 4.69) is 39.8 Å². The molecule has 6 nitrogen and oxygen atoms in total. The lowest BCUT2D eigenvalue weighted by Crippen LogP contribution is -2.38. The molecule has 0 bridgehead atoms. The molecule has 0 radical (unpaired) electrons. The molecular formula is C18H28IN5O. The summed E-state index contributed by atoms with van der Waals surface area (Å²) in [7, 11) is 1.71. The van der Waals surface area contributed by atoms with Crippen molar-refractivity contribution >= 4 is 29.9 Å². The van der Waals surface area contributed by atoms with Gasteiger partial charge in [0.05, 0.1) is 19.3 Å². The average molecular weight is 457 g/mol. The van der Waals surface area contributed by atoms with Crippen molar-refractivity contribution in [3.63, 3.8) is 0 Å². The van der Waals surface area contributed by atoms with E-state index in [0.717, 1.165) is 44.2 Å². The summed E-state index contributed by atoms with van der Waals surface area (Å²) >= 11 is 0. The van der Waals surface area contributed by atoms with E-state index in [1.54, 1.807) is 7.11 Å². The number of hydrogen-bond acceptors (Lipinski definition) is 3. The minimum atomic E-state index is 0. The van der Waals surface area contributed by atoms with Crippen molar-refractivity contribution in [1.29, 1.82) is 0 Å². The second kappa shape index (κ2) is 12.7. The molecule has 1 aromatic carbocycles. The summed E-state index contributed by atoms with van der Waals surface area (Å²) in [6.45, 7) is 5.87.